The Bertz CT molecular complexity index is 1100. The van der Waals surface area contributed by atoms with E-state index in [2.05, 4.69) is 5.32 Å². The first-order valence-corrected chi connectivity index (χ1v) is 11.5. The molecular formula is C25H31N3O6. The predicted octanol–water partition coefficient (Wildman–Crippen LogP) is 1.92. The fourth-order valence-corrected chi connectivity index (χ4v) is 5.01. The van der Waals surface area contributed by atoms with Crippen LogP contribution in [0.25, 0.3) is 0 Å². The number of hydrogen-bond acceptors (Lipinski definition) is 6. The number of ether oxygens (including phenoxy) is 3. The minimum atomic E-state index is -0.198. The molecule has 2 aromatic rings. The van der Waals surface area contributed by atoms with Crippen molar-refractivity contribution in [3.8, 4) is 17.2 Å². The molecule has 2 amide bonds. The standard InChI is InChI=1S/C25H31N3O6/c1-32-20-10-16(11-21(33-2)25(20)34-3)12-26-22(29)7-8-23(30)27-13-17-9-18(15-27)19-5-4-6-24(31)28(19)14-17/h4-6,10-11,17-18H,7-9,12-15H2,1-3H3,(H,26,29)/t17-,18-/m1/s1. The molecule has 0 unspecified atom stereocenters. The zero-order valence-corrected chi connectivity index (χ0v) is 19.8. The van der Waals surface area contributed by atoms with Crippen LogP contribution in [0.15, 0.2) is 35.1 Å². The van der Waals surface area contributed by atoms with Crippen LogP contribution in [0, 0.1) is 5.92 Å². The lowest BCUT2D eigenvalue weighted by Crippen LogP contribution is -2.49. The second kappa shape index (κ2) is 10.2. The highest BCUT2D eigenvalue weighted by Crippen LogP contribution is 2.38. The molecule has 3 heterocycles. The summed E-state index contributed by atoms with van der Waals surface area (Å²) in [6.45, 7) is 2.14. The van der Waals surface area contributed by atoms with Gasteiger partial charge < -0.3 is 29.0 Å². The number of hydrogen-bond donors (Lipinski definition) is 1. The zero-order chi connectivity index (χ0) is 24.2. The molecule has 2 bridgehead atoms. The molecule has 0 aliphatic carbocycles. The van der Waals surface area contributed by atoms with E-state index < -0.39 is 0 Å². The number of amides is 2. The van der Waals surface area contributed by atoms with Crippen molar-refractivity contribution in [3.05, 3.63) is 51.9 Å². The summed E-state index contributed by atoms with van der Waals surface area (Å²) in [5.74, 6) is 1.73. The normalized spacial score (nSPS) is 18.6. The lowest BCUT2D eigenvalue weighted by molar-refractivity contribution is -0.136. The maximum Gasteiger partial charge on any atom is 0.250 e. The highest BCUT2D eigenvalue weighted by atomic mass is 16.5. The van der Waals surface area contributed by atoms with Crippen LogP contribution in [0.3, 0.4) is 0 Å². The summed E-state index contributed by atoms with van der Waals surface area (Å²) in [6, 6.07) is 8.91. The monoisotopic (exact) mass is 469 g/mol. The maximum atomic E-state index is 12.9. The number of pyridine rings is 1. The van der Waals surface area contributed by atoms with E-state index in [1.54, 1.807) is 24.3 Å². The molecule has 0 spiro atoms. The maximum absolute atomic E-state index is 12.9. The molecule has 1 saturated heterocycles. The highest BCUT2D eigenvalue weighted by Gasteiger charge is 2.36. The molecule has 2 aliphatic rings. The van der Waals surface area contributed by atoms with Crippen molar-refractivity contribution >= 4 is 11.8 Å². The van der Waals surface area contributed by atoms with Crippen LogP contribution in [0.5, 0.6) is 17.2 Å². The van der Waals surface area contributed by atoms with Gasteiger partial charge in [0, 0.05) is 56.7 Å². The summed E-state index contributed by atoms with van der Waals surface area (Å²) in [6.07, 6.45) is 1.26. The smallest absolute Gasteiger partial charge is 0.250 e. The number of piperidine rings is 1. The number of carbonyl (C=O) groups is 2. The Morgan fingerprint density at radius 1 is 1.00 bits per heavy atom. The third-order valence-corrected chi connectivity index (χ3v) is 6.61. The summed E-state index contributed by atoms with van der Waals surface area (Å²) < 4.78 is 17.9. The number of rotatable bonds is 8. The Morgan fingerprint density at radius 3 is 2.41 bits per heavy atom. The van der Waals surface area contributed by atoms with Gasteiger partial charge in [-0.3, -0.25) is 14.4 Å². The molecule has 1 N–H and O–H groups in total. The molecule has 182 valence electrons. The predicted molar refractivity (Wildman–Crippen MR) is 125 cm³/mol. The number of fused-ring (bicyclic) bond motifs is 4. The Labute approximate surface area is 198 Å². The second-order valence-electron chi connectivity index (χ2n) is 8.81. The number of carbonyl (C=O) groups excluding carboxylic acids is 2. The molecule has 2 atom stereocenters. The van der Waals surface area contributed by atoms with Gasteiger partial charge >= 0.3 is 0 Å². The highest BCUT2D eigenvalue weighted by molar-refractivity contribution is 5.84. The van der Waals surface area contributed by atoms with Gasteiger partial charge in [-0.15, -0.1) is 0 Å². The van der Waals surface area contributed by atoms with Gasteiger partial charge in [-0.2, -0.15) is 0 Å². The topological polar surface area (TPSA) is 99.1 Å². The van der Waals surface area contributed by atoms with Crippen LogP contribution in [-0.4, -0.2) is 55.7 Å². The number of benzene rings is 1. The minimum Gasteiger partial charge on any atom is -0.493 e. The van der Waals surface area contributed by atoms with Gasteiger partial charge in [-0.05, 0) is 36.1 Å². The van der Waals surface area contributed by atoms with Crippen LogP contribution in [0.4, 0.5) is 0 Å². The van der Waals surface area contributed by atoms with Crippen molar-refractivity contribution in [3.63, 3.8) is 0 Å². The van der Waals surface area contributed by atoms with Gasteiger partial charge in [0.15, 0.2) is 11.5 Å². The number of methoxy groups -OCH3 is 3. The zero-order valence-electron chi connectivity index (χ0n) is 19.8. The Balaban J connectivity index is 1.30. The van der Waals surface area contributed by atoms with E-state index in [4.69, 9.17) is 14.2 Å². The number of aromatic nitrogens is 1. The molecule has 0 saturated carbocycles. The van der Waals surface area contributed by atoms with E-state index in [0.29, 0.717) is 36.9 Å². The van der Waals surface area contributed by atoms with E-state index in [0.717, 1.165) is 17.7 Å². The fourth-order valence-electron chi connectivity index (χ4n) is 5.01. The van der Waals surface area contributed by atoms with Crippen molar-refractivity contribution in [2.24, 2.45) is 5.92 Å². The van der Waals surface area contributed by atoms with E-state index in [-0.39, 0.29) is 48.6 Å². The first-order chi connectivity index (χ1) is 16.4. The molecule has 9 nitrogen and oxygen atoms in total. The molecule has 34 heavy (non-hydrogen) atoms. The third-order valence-electron chi connectivity index (χ3n) is 6.61. The largest absolute Gasteiger partial charge is 0.493 e. The van der Waals surface area contributed by atoms with Crippen molar-refractivity contribution < 1.29 is 23.8 Å². The molecule has 1 aromatic carbocycles. The summed E-state index contributed by atoms with van der Waals surface area (Å²) in [5.41, 5.74) is 1.83. The summed E-state index contributed by atoms with van der Waals surface area (Å²) in [4.78, 5) is 39.3. The van der Waals surface area contributed by atoms with Crippen molar-refractivity contribution in [1.29, 1.82) is 0 Å². The lowest BCUT2D eigenvalue weighted by Gasteiger charge is -2.42. The number of nitrogens with zero attached hydrogens (tertiary/aromatic N) is 2. The number of likely N-dealkylation sites (tertiary alicyclic amines) is 1. The molecule has 4 rings (SSSR count). The SMILES string of the molecule is COc1cc(CNC(=O)CCC(=O)N2C[C@H]3C[C@H](C2)c2cccc(=O)n2C3)cc(OC)c1OC. The Hall–Kier alpha value is -3.49. The van der Waals surface area contributed by atoms with E-state index in [9.17, 15) is 14.4 Å². The van der Waals surface area contributed by atoms with Gasteiger partial charge in [0.05, 0.1) is 21.3 Å². The van der Waals surface area contributed by atoms with Crippen LogP contribution in [-0.2, 0) is 22.7 Å². The van der Waals surface area contributed by atoms with Gasteiger partial charge in [-0.1, -0.05) is 6.07 Å². The van der Waals surface area contributed by atoms with Gasteiger partial charge in [0.25, 0.3) is 5.56 Å². The average Bonchev–Trinajstić information content (AvgIpc) is 2.85. The molecule has 0 radical (unpaired) electrons. The van der Waals surface area contributed by atoms with E-state index in [1.165, 1.54) is 21.3 Å². The first kappa shape index (κ1) is 23.7. The van der Waals surface area contributed by atoms with Gasteiger partial charge in [-0.25, -0.2) is 0 Å². The third kappa shape index (κ3) is 4.88. The fraction of sp³-hybridized carbons (Fsp3) is 0.480. The van der Waals surface area contributed by atoms with Gasteiger partial charge in [0.2, 0.25) is 17.6 Å². The minimum absolute atomic E-state index is 0.0237. The Kier molecular flexibility index (Phi) is 7.09. The average molecular weight is 470 g/mol. The number of nitrogens with one attached hydrogen (secondary N) is 1. The second-order valence-corrected chi connectivity index (χ2v) is 8.81. The molecule has 2 aliphatic heterocycles. The van der Waals surface area contributed by atoms with Crippen LogP contribution in [0.1, 0.15) is 36.4 Å². The molecule has 9 heteroatoms. The molecule has 1 aromatic heterocycles. The summed E-state index contributed by atoms with van der Waals surface area (Å²) >= 11 is 0. The first-order valence-electron chi connectivity index (χ1n) is 11.5. The molecule has 1 fully saturated rings. The summed E-state index contributed by atoms with van der Waals surface area (Å²) in [7, 11) is 4.61. The van der Waals surface area contributed by atoms with Crippen LogP contribution in [0.2, 0.25) is 0 Å². The quantitative estimate of drug-likeness (QED) is 0.634. The van der Waals surface area contributed by atoms with Crippen molar-refractivity contribution in [1.82, 2.24) is 14.8 Å². The van der Waals surface area contributed by atoms with Crippen molar-refractivity contribution in [2.75, 3.05) is 34.4 Å². The van der Waals surface area contributed by atoms with E-state index >= 15 is 0 Å². The van der Waals surface area contributed by atoms with Crippen molar-refractivity contribution in [2.45, 2.75) is 38.3 Å². The Morgan fingerprint density at radius 2 is 1.74 bits per heavy atom. The molecular weight excluding hydrogens is 438 g/mol. The van der Waals surface area contributed by atoms with E-state index in [1.807, 2.05) is 15.5 Å². The lowest BCUT2D eigenvalue weighted by atomic mass is 9.83. The summed E-state index contributed by atoms with van der Waals surface area (Å²) in [5, 5.41) is 2.86. The van der Waals surface area contributed by atoms with Crippen LogP contribution < -0.4 is 25.1 Å². The van der Waals surface area contributed by atoms with Gasteiger partial charge in [0.1, 0.15) is 0 Å². The van der Waals surface area contributed by atoms with Crippen LogP contribution >= 0.6 is 0 Å².